The molecule has 1 aromatic heterocycles. The molecule has 0 amide bonds. The Kier molecular flexibility index (Phi) is 8.11. The van der Waals surface area contributed by atoms with E-state index in [0.717, 1.165) is 29.4 Å². The Bertz CT molecular complexity index is 673. The highest BCUT2D eigenvalue weighted by Gasteiger charge is 2.22. The van der Waals surface area contributed by atoms with Gasteiger partial charge in [0.1, 0.15) is 5.01 Å². The summed E-state index contributed by atoms with van der Waals surface area (Å²) in [6.07, 6.45) is 2.51. The molecule has 0 bridgehead atoms. The van der Waals surface area contributed by atoms with Crippen LogP contribution in [0.3, 0.4) is 0 Å². The van der Waals surface area contributed by atoms with Crippen molar-refractivity contribution >= 4 is 41.3 Å². The molecule has 2 aromatic rings. The van der Waals surface area contributed by atoms with Gasteiger partial charge in [-0.25, -0.2) is 9.98 Å². The Balaban J connectivity index is 0.00000225. The summed E-state index contributed by atoms with van der Waals surface area (Å²) in [6, 6.07) is 10.8. The van der Waals surface area contributed by atoms with E-state index >= 15 is 0 Å². The lowest BCUT2D eigenvalue weighted by Crippen LogP contribution is -2.42. The predicted molar refractivity (Wildman–Crippen MR) is 117 cm³/mol. The van der Waals surface area contributed by atoms with Crippen LogP contribution < -0.4 is 11.1 Å². The molecule has 0 aliphatic carbocycles. The van der Waals surface area contributed by atoms with Crippen LogP contribution in [-0.2, 0) is 6.54 Å². The van der Waals surface area contributed by atoms with Crippen molar-refractivity contribution in [3.8, 4) is 11.3 Å². The number of rotatable bonds is 6. The van der Waals surface area contributed by atoms with Crippen LogP contribution in [0.25, 0.3) is 11.3 Å². The zero-order valence-electron chi connectivity index (χ0n) is 14.5. The summed E-state index contributed by atoms with van der Waals surface area (Å²) < 4.78 is 0. The first-order chi connectivity index (χ1) is 11.8. The fraction of sp³-hybridized carbons (Fsp3) is 0.444. The number of hydrogen-bond donors (Lipinski definition) is 2. The Labute approximate surface area is 170 Å². The number of nitrogens with one attached hydrogen (secondary N) is 1. The minimum atomic E-state index is 0. The Morgan fingerprint density at radius 3 is 2.96 bits per heavy atom. The molecule has 1 fully saturated rings. The summed E-state index contributed by atoms with van der Waals surface area (Å²) in [5.41, 5.74) is 8.14. The van der Waals surface area contributed by atoms with Crippen molar-refractivity contribution < 1.29 is 0 Å². The maximum absolute atomic E-state index is 6.00. The highest BCUT2D eigenvalue weighted by atomic mass is 127. The predicted octanol–water partition coefficient (Wildman–Crippen LogP) is 3.32. The van der Waals surface area contributed by atoms with Crippen LogP contribution in [0.4, 0.5) is 0 Å². The molecule has 1 aliphatic heterocycles. The smallest absolute Gasteiger partial charge is 0.189 e. The second kappa shape index (κ2) is 10.1. The van der Waals surface area contributed by atoms with Gasteiger partial charge >= 0.3 is 0 Å². The van der Waals surface area contributed by atoms with Crippen molar-refractivity contribution in [1.82, 2.24) is 15.2 Å². The van der Waals surface area contributed by atoms with Crippen LogP contribution in [0.1, 0.15) is 24.8 Å². The van der Waals surface area contributed by atoms with Crippen LogP contribution in [0.5, 0.6) is 0 Å². The standard InChI is InChI=1S/C18H25N5S.HI/c1-2-23-10-6-9-15(23)11-20-18(19)21-12-17-22-16(13-24-17)14-7-4-3-5-8-14;/h3-5,7-8,13,15H,2,6,9-12H2,1H3,(H3,19,20,21);1H. The Morgan fingerprint density at radius 2 is 2.20 bits per heavy atom. The van der Waals surface area contributed by atoms with Crippen LogP contribution in [0, 0.1) is 0 Å². The lowest BCUT2D eigenvalue weighted by Gasteiger charge is -2.23. The van der Waals surface area contributed by atoms with E-state index in [4.69, 9.17) is 5.73 Å². The van der Waals surface area contributed by atoms with Gasteiger partial charge in [-0.05, 0) is 25.9 Å². The fourth-order valence-corrected chi connectivity index (χ4v) is 3.83. The third-order valence-electron chi connectivity index (χ3n) is 4.43. The van der Waals surface area contributed by atoms with Crippen LogP contribution in [-0.4, -0.2) is 41.5 Å². The Hall–Kier alpha value is -1.19. The number of hydrogen-bond acceptors (Lipinski definition) is 4. The normalized spacial score (nSPS) is 18.1. The molecule has 3 rings (SSSR count). The third-order valence-corrected chi connectivity index (χ3v) is 5.26. The Morgan fingerprint density at radius 1 is 1.40 bits per heavy atom. The number of guanidine groups is 1. The first-order valence-corrected chi connectivity index (χ1v) is 9.42. The molecule has 1 aliphatic rings. The van der Waals surface area contributed by atoms with Crippen LogP contribution in [0.2, 0.25) is 0 Å². The molecule has 5 nitrogen and oxygen atoms in total. The van der Waals surface area contributed by atoms with Gasteiger partial charge in [-0.2, -0.15) is 0 Å². The van der Waals surface area contributed by atoms with Crippen LogP contribution >= 0.6 is 35.3 Å². The zero-order valence-corrected chi connectivity index (χ0v) is 17.7. The minimum Gasteiger partial charge on any atom is -0.370 e. The lowest BCUT2D eigenvalue weighted by molar-refractivity contribution is 0.267. The number of halogens is 1. The van der Waals surface area contributed by atoms with Crippen molar-refractivity contribution in [3.63, 3.8) is 0 Å². The molecule has 7 heteroatoms. The van der Waals surface area contributed by atoms with Crippen molar-refractivity contribution in [3.05, 3.63) is 40.7 Å². The van der Waals surface area contributed by atoms with E-state index in [1.807, 2.05) is 18.2 Å². The van der Waals surface area contributed by atoms with E-state index in [2.05, 4.69) is 44.6 Å². The molecule has 0 spiro atoms. The van der Waals surface area contributed by atoms with Gasteiger partial charge in [0, 0.05) is 23.5 Å². The van der Waals surface area contributed by atoms with E-state index < -0.39 is 0 Å². The number of aromatic nitrogens is 1. The van der Waals surface area contributed by atoms with Gasteiger partial charge in [-0.15, -0.1) is 35.3 Å². The molecule has 25 heavy (non-hydrogen) atoms. The summed E-state index contributed by atoms with van der Waals surface area (Å²) in [5, 5.41) is 6.31. The van der Waals surface area contributed by atoms with Gasteiger partial charge in [-0.1, -0.05) is 37.3 Å². The van der Waals surface area contributed by atoms with Gasteiger partial charge in [0.15, 0.2) is 5.96 Å². The third kappa shape index (κ3) is 5.65. The van der Waals surface area contributed by atoms with Gasteiger partial charge in [0.05, 0.1) is 12.2 Å². The molecule has 3 N–H and O–H groups in total. The van der Waals surface area contributed by atoms with Gasteiger partial charge in [0.2, 0.25) is 0 Å². The molecule has 1 aromatic carbocycles. The van der Waals surface area contributed by atoms with Crippen molar-refractivity contribution in [2.75, 3.05) is 19.6 Å². The fourth-order valence-electron chi connectivity index (χ4n) is 3.10. The summed E-state index contributed by atoms with van der Waals surface area (Å²) in [5.74, 6) is 0.509. The number of thiazole rings is 1. The first-order valence-electron chi connectivity index (χ1n) is 8.54. The number of nitrogens with two attached hydrogens (primary N) is 1. The molecular weight excluding hydrogens is 445 g/mol. The summed E-state index contributed by atoms with van der Waals surface area (Å²) >= 11 is 1.62. The average Bonchev–Trinajstić information content (AvgIpc) is 3.28. The van der Waals surface area contributed by atoms with Gasteiger partial charge < -0.3 is 11.1 Å². The largest absolute Gasteiger partial charge is 0.370 e. The number of likely N-dealkylation sites (tertiary alicyclic amines) is 1. The SMILES string of the molecule is CCN1CCCC1CNC(N)=NCc1nc(-c2ccccc2)cs1.I. The molecule has 1 atom stereocenters. The molecule has 0 radical (unpaired) electrons. The topological polar surface area (TPSA) is 66.5 Å². The maximum Gasteiger partial charge on any atom is 0.189 e. The van der Waals surface area contributed by atoms with E-state index in [1.54, 1.807) is 11.3 Å². The number of aliphatic imine (C=N–C) groups is 1. The van der Waals surface area contributed by atoms with Crippen molar-refractivity contribution in [2.24, 2.45) is 10.7 Å². The molecule has 0 saturated carbocycles. The summed E-state index contributed by atoms with van der Waals surface area (Å²) in [7, 11) is 0. The summed E-state index contributed by atoms with van der Waals surface area (Å²) in [6.45, 7) is 5.91. The molecule has 2 heterocycles. The average molecular weight is 471 g/mol. The van der Waals surface area contributed by atoms with Crippen LogP contribution in [0.15, 0.2) is 40.7 Å². The second-order valence-corrected chi connectivity index (χ2v) is 6.94. The van der Waals surface area contributed by atoms with Gasteiger partial charge in [-0.3, -0.25) is 4.90 Å². The number of benzene rings is 1. The lowest BCUT2D eigenvalue weighted by atomic mass is 10.2. The monoisotopic (exact) mass is 471 g/mol. The van der Waals surface area contributed by atoms with E-state index in [-0.39, 0.29) is 24.0 Å². The zero-order chi connectivity index (χ0) is 16.8. The molecule has 1 unspecified atom stereocenters. The second-order valence-electron chi connectivity index (χ2n) is 6.00. The van der Waals surface area contributed by atoms with E-state index in [9.17, 15) is 0 Å². The first kappa shape index (κ1) is 20.1. The summed E-state index contributed by atoms with van der Waals surface area (Å²) in [4.78, 5) is 11.6. The maximum atomic E-state index is 6.00. The van der Waals surface area contributed by atoms with Crippen molar-refractivity contribution in [1.29, 1.82) is 0 Å². The number of nitrogens with zero attached hydrogens (tertiary/aromatic N) is 3. The van der Waals surface area contributed by atoms with E-state index in [1.165, 1.54) is 19.4 Å². The minimum absolute atomic E-state index is 0. The molecular formula is C18H26IN5S. The van der Waals surface area contributed by atoms with Crippen molar-refractivity contribution in [2.45, 2.75) is 32.4 Å². The highest BCUT2D eigenvalue weighted by molar-refractivity contribution is 14.0. The molecule has 136 valence electrons. The van der Waals surface area contributed by atoms with Gasteiger partial charge in [0.25, 0.3) is 0 Å². The van der Waals surface area contributed by atoms with E-state index in [0.29, 0.717) is 18.5 Å². The quantitative estimate of drug-likeness (QED) is 0.386. The highest BCUT2D eigenvalue weighted by Crippen LogP contribution is 2.21. The molecule has 1 saturated heterocycles. The number of likely N-dealkylation sites (N-methyl/N-ethyl adjacent to an activating group) is 1.